The maximum Gasteiger partial charge on any atom is 0.335 e. The van der Waals surface area contributed by atoms with Gasteiger partial charge in [-0.2, -0.15) is 0 Å². The fraction of sp³-hybridized carbons (Fsp3) is 0.350. The van der Waals surface area contributed by atoms with Crippen LogP contribution in [0.25, 0.3) is 0 Å². The van der Waals surface area contributed by atoms with Gasteiger partial charge in [-0.05, 0) is 29.3 Å². The number of benzene rings is 1. The van der Waals surface area contributed by atoms with E-state index in [1.165, 1.54) is 24.3 Å². The zero-order valence-electron chi connectivity index (χ0n) is 14.8. The van der Waals surface area contributed by atoms with Crippen LogP contribution in [0.2, 0.25) is 0 Å². The number of ether oxygens (including phenoxy) is 2. The van der Waals surface area contributed by atoms with Gasteiger partial charge in [-0.3, -0.25) is 0 Å². The summed E-state index contributed by atoms with van der Waals surface area (Å²) in [7, 11) is 0. The van der Waals surface area contributed by atoms with E-state index in [-0.39, 0.29) is 31.0 Å². The van der Waals surface area contributed by atoms with Gasteiger partial charge < -0.3 is 29.9 Å². The molecule has 0 bridgehead atoms. The Morgan fingerprint density at radius 2 is 2.11 bits per heavy atom. The van der Waals surface area contributed by atoms with E-state index in [2.05, 4.69) is 13.2 Å². The topological polar surface area (TPSA) is 116 Å². The Kier molecular flexibility index (Phi) is 7.32. The van der Waals surface area contributed by atoms with Crippen LogP contribution in [0.3, 0.4) is 0 Å². The Morgan fingerprint density at radius 3 is 2.74 bits per heavy atom. The third kappa shape index (κ3) is 5.51. The number of aromatic carboxylic acids is 1. The van der Waals surface area contributed by atoms with E-state index in [1.807, 2.05) is 0 Å². The van der Waals surface area contributed by atoms with Gasteiger partial charge in [-0.1, -0.05) is 31.4 Å². The molecule has 1 fully saturated rings. The number of hydrogen-bond donors (Lipinski definition) is 4. The molecule has 1 aliphatic rings. The molecule has 4 atom stereocenters. The molecule has 0 aromatic heterocycles. The molecule has 146 valence electrons. The normalized spacial score (nSPS) is 25.7. The van der Waals surface area contributed by atoms with Gasteiger partial charge >= 0.3 is 5.97 Å². The molecule has 0 aliphatic carbocycles. The third-order valence-electron chi connectivity index (χ3n) is 4.24. The molecule has 2 rings (SSSR count). The average molecular weight is 376 g/mol. The van der Waals surface area contributed by atoms with Gasteiger partial charge in [0.05, 0.1) is 24.4 Å². The minimum absolute atomic E-state index is 0.108. The van der Waals surface area contributed by atoms with Crippen LogP contribution in [0, 0.1) is 0 Å². The highest BCUT2D eigenvalue weighted by atomic mass is 16.5. The summed E-state index contributed by atoms with van der Waals surface area (Å²) in [6.07, 6.45) is -0.553. The Morgan fingerprint density at radius 1 is 1.37 bits per heavy atom. The Hall–Kier alpha value is -2.45. The Balaban J connectivity index is 2.06. The quantitative estimate of drug-likeness (QED) is 0.400. The second-order valence-electron chi connectivity index (χ2n) is 6.26. The first-order valence-corrected chi connectivity index (χ1v) is 8.46. The molecular weight excluding hydrogens is 352 g/mol. The highest BCUT2D eigenvalue weighted by Crippen LogP contribution is 2.26. The summed E-state index contributed by atoms with van der Waals surface area (Å²) >= 11 is 0. The molecule has 0 saturated carbocycles. The van der Waals surface area contributed by atoms with Crippen LogP contribution in [0.5, 0.6) is 0 Å². The summed E-state index contributed by atoms with van der Waals surface area (Å²) in [6, 6.07) is 6.34. The zero-order valence-corrected chi connectivity index (χ0v) is 14.8. The molecule has 1 saturated heterocycles. The predicted molar refractivity (Wildman–Crippen MR) is 98.0 cm³/mol. The summed E-state index contributed by atoms with van der Waals surface area (Å²) in [5, 5.41) is 38.4. The molecule has 1 heterocycles. The van der Waals surface area contributed by atoms with Crippen LogP contribution >= 0.6 is 0 Å². The van der Waals surface area contributed by atoms with Crippen molar-refractivity contribution in [3.63, 3.8) is 0 Å². The van der Waals surface area contributed by atoms with Crippen molar-refractivity contribution in [3.05, 3.63) is 72.0 Å². The van der Waals surface area contributed by atoms with Gasteiger partial charge in [-0.25, -0.2) is 4.79 Å². The van der Waals surface area contributed by atoms with Crippen molar-refractivity contribution in [2.24, 2.45) is 0 Å². The van der Waals surface area contributed by atoms with Crippen LogP contribution in [0.1, 0.15) is 22.3 Å². The van der Waals surface area contributed by atoms with Crippen molar-refractivity contribution in [3.8, 4) is 0 Å². The molecule has 7 heteroatoms. The lowest BCUT2D eigenvalue weighted by molar-refractivity contribution is -0.162. The molecule has 0 spiro atoms. The number of aliphatic hydroxyl groups is 3. The van der Waals surface area contributed by atoms with Crippen molar-refractivity contribution < 1.29 is 34.7 Å². The number of carbonyl (C=O) groups is 1. The van der Waals surface area contributed by atoms with Crippen LogP contribution in [-0.4, -0.2) is 57.4 Å². The van der Waals surface area contributed by atoms with Crippen LogP contribution in [0.15, 0.2) is 60.9 Å². The first kappa shape index (κ1) is 20.9. The van der Waals surface area contributed by atoms with E-state index in [0.717, 1.165) is 0 Å². The highest BCUT2D eigenvalue weighted by Gasteiger charge is 2.37. The average Bonchev–Trinajstić information content (AvgIpc) is 2.66. The Bertz CT molecular complexity index is 725. The molecule has 27 heavy (non-hydrogen) atoms. The number of hydrogen-bond acceptors (Lipinski definition) is 6. The molecule has 7 nitrogen and oxygen atoms in total. The summed E-state index contributed by atoms with van der Waals surface area (Å²) in [5.74, 6) is -0.771. The van der Waals surface area contributed by atoms with Gasteiger partial charge in [0.25, 0.3) is 0 Å². The first-order valence-electron chi connectivity index (χ1n) is 8.46. The fourth-order valence-electron chi connectivity index (χ4n) is 2.80. The van der Waals surface area contributed by atoms with E-state index in [0.29, 0.717) is 11.1 Å². The summed E-state index contributed by atoms with van der Waals surface area (Å²) in [4.78, 5) is 11.0. The van der Waals surface area contributed by atoms with Crippen LogP contribution in [0.4, 0.5) is 0 Å². The zero-order chi connectivity index (χ0) is 20.0. The van der Waals surface area contributed by atoms with E-state index in [1.54, 1.807) is 12.1 Å². The van der Waals surface area contributed by atoms with Gasteiger partial charge in [0.15, 0.2) is 0 Å². The van der Waals surface area contributed by atoms with Crippen molar-refractivity contribution in [2.75, 3.05) is 6.61 Å². The summed E-state index contributed by atoms with van der Waals surface area (Å²) < 4.78 is 11.2. The van der Waals surface area contributed by atoms with Crippen molar-refractivity contribution >= 4 is 5.97 Å². The molecule has 1 aromatic rings. The SMILES string of the molecule is C=C/C(=C\C(=C)OCc1cccc(C(=O)O)c1)[C@H]1OC(CO)CC(O)C1O. The van der Waals surface area contributed by atoms with Crippen molar-refractivity contribution in [1.29, 1.82) is 0 Å². The number of allylic oxidation sites excluding steroid dienone is 1. The Labute approximate surface area is 157 Å². The molecule has 3 unspecified atom stereocenters. The summed E-state index contributed by atoms with van der Waals surface area (Å²) in [5.41, 5.74) is 1.27. The molecule has 4 N–H and O–H groups in total. The van der Waals surface area contributed by atoms with Crippen LogP contribution < -0.4 is 0 Å². The van der Waals surface area contributed by atoms with E-state index in [9.17, 15) is 20.1 Å². The minimum atomic E-state index is -1.17. The molecule has 1 aliphatic heterocycles. The third-order valence-corrected chi connectivity index (χ3v) is 4.24. The first-order chi connectivity index (χ1) is 12.8. The van der Waals surface area contributed by atoms with Gasteiger partial charge in [0.2, 0.25) is 0 Å². The van der Waals surface area contributed by atoms with Gasteiger partial charge in [-0.15, -0.1) is 0 Å². The maximum atomic E-state index is 11.0. The lowest BCUT2D eigenvalue weighted by atomic mass is 9.93. The van der Waals surface area contributed by atoms with Gasteiger partial charge in [0, 0.05) is 6.42 Å². The van der Waals surface area contributed by atoms with Crippen molar-refractivity contribution in [1.82, 2.24) is 0 Å². The number of carboxylic acids is 1. The number of carboxylic acid groups (broad SMARTS) is 1. The second kappa shape index (κ2) is 9.48. The van der Waals surface area contributed by atoms with Crippen molar-refractivity contribution in [2.45, 2.75) is 37.4 Å². The lowest BCUT2D eigenvalue weighted by Gasteiger charge is -2.37. The molecule has 0 radical (unpaired) electrons. The van der Waals surface area contributed by atoms with Crippen LogP contribution in [-0.2, 0) is 16.1 Å². The largest absolute Gasteiger partial charge is 0.490 e. The second-order valence-corrected chi connectivity index (χ2v) is 6.26. The van der Waals surface area contributed by atoms with E-state index < -0.39 is 30.4 Å². The number of aliphatic hydroxyl groups excluding tert-OH is 3. The molecule has 1 aromatic carbocycles. The minimum Gasteiger partial charge on any atom is -0.490 e. The lowest BCUT2D eigenvalue weighted by Crippen LogP contribution is -2.49. The van der Waals surface area contributed by atoms with E-state index in [4.69, 9.17) is 14.6 Å². The predicted octanol–water partition coefficient (Wildman–Crippen LogP) is 1.40. The number of rotatable bonds is 8. The highest BCUT2D eigenvalue weighted by molar-refractivity contribution is 5.87. The standard InChI is InChI=1S/C20H24O7/c1-3-14(19-18(23)17(22)9-16(10-21)27-19)7-12(2)26-11-13-5-4-6-15(8-13)20(24)25/h3-8,16-19,21-23H,1-2,9-11H2,(H,24,25)/b14-7+/t16?,17?,18?,19-/m1/s1. The summed E-state index contributed by atoms with van der Waals surface area (Å²) in [6.45, 7) is 7.30. The van der Waals surface area contributed by atoms with E-state index >= 15 is 0 Å². The fourth-order valence-corrected chi connectivity index (χ4v) is 2.80. The smallest absolute Gasteiger partial charge is 0.335 e. The maximum absolute atomic E-state index is 11.0. The molecular formula is C20H24O7. The monoisotopic (exact) mass is 376 g/mol. The molecule has 0 amide bonds. The van der Waals surface area contributed by atoms with Gasteiger partial charge in [0.1, 0.15) is 24.6 Å².